The van der Waals surface area contributed by atoms with Gasteiger partial charge in [-0.05, 0) is 12.0 Å². The fourth-order valence-corrected chi connectivity index (χ4v) is 1.60. The van der Waals surface area contributed by atoms with E-state index in [9.17, 15) is 9.59 Å². The Bertz CT molecular complexity index is 376. The highest BCUT2D eigenvalue weighted by Gasteiger charge is 2.20. The molecule has 0 aliphatic carbocycles. The maximum Gasteiger partial charge on any atom is 0.405 e. The van der Waals surface area contributed by atoms with E-state index >= 15 is 0 Å². The topological polar surface area (TPSA) is 69.4 Å². The van der Waals surface area contributed by atoms with Crippen LogP contribution in [0, 0.1) is 0 Å². The normalized spacial score (nSPS) is 11.8. The van der Waals surface area contributed by atoms with Crippen molar-refractivity contribution in [1.29, 1.82) is 0 Å². The van der Waals surface area contributed by atoms with E-state index in [0.717, 1.165) is 12.0 Å². The van der Waals surface area contributed by atoms with Crippen molar-refractivity contribution in [3.05, 3.63) is 35.9 Å². The zero-order chi connectivity index (χ0) is 12.7. The number of ether oxygens (including phenoxy) is 1. The van der Waals surface area contributed by atoms with Crippen LogP contribution in [0.15, 0.2) is 30.3 Å². The minimum atomic E-state index is -0.898. The van der Waals surface area contributed by atoms with Gasteiger partial charge in [-0.25, -0.2) is 4.79 Å². The summed E-state index contributed by atoms with van der Waals surface area (Å²) in [6, 6.07) is 9.35. The van der Waals surface area contributed by atoms with Gasteiger partial charge < -0.3 is 10.5 Å². The van der Waals surface area contributed by atoms with E-state index in [2.05, 4.69) is 0 Å². The monoisotopic (exact) mass is 235 g/mol. The lowest BCUT2D eigenvalue weighted by Gasteiger charge is -2.14. The summed E-state index contributed by atoms with van der Waals surface area (Å²) < 4.78 is 4.81. The van der Waals surface area contributed by atoms with E-state index in [1.165, 1.54) is 0 Å². The number of rotatable bonds is 6. The SMILES string of the molecule is CCCC(OC(N)=O)C(=O)Cc1ccccc1. The smallest absolute Gasteiger partial charge is 0.405 e. The maximum atomic E-state index is 11.9. The molecule has 4 nitrogen and oxygen atoms in total. The van der Waals surface area contributed by atoms with Gasteiger partial charge in [0.15, 0.2) is 11.9 Å². The first-order valence-corrected chi connectivity index (χ1v) is 5.66. The Balaban J connectivity index is 2.62. The number of carbonyl (C=O) groups is 2. The molecule has 1 rings (SSSR count). The van der Waals surface area contributed by atoms with Crippen LogP contribution >= 0.6 is 0 Å². The molecular formula is C13H17NO3. The average Bonchev–Trinajstić information content (AvgIpc) is 2.29. The predicted octanol–water partition coefficient (Wildman–Crippen LogP) is 2.06. The van der Waals surface area contributed by atoms with Gasteiger partial charge in [-0.1, -0.05) is 43.7 Å². The van der Waals surface area contributed by atoms with Crippen molar-refractivity contribution in [2.24, 2.45) is 5.73 Å². The summed E-state index contributed by atoms with van der Waals surface area (Å²) in [5, 5.41) is 0. The molecule has 1 aromatic carbocycles. The van der Waals surface area contributed by atoms with Crippen molar-refractivity contribution in [3.8, 4) is 0 Å². The number of nitrogens with two attached hydrogens (primary N) is 1. The first-order valence-electron chi connectivity index (χ1n) is 5.66. The van der Waals surface area contributed by atoms with Gasteiger partial charge in [0.1, 0.15) is 0 Å². The fraction of sp³-hybridized carbons (Fsp3) is 0.385. The summed E-state index contributed by atoms with van der Waals surface area (Å²) >= 11 is 0. The first-order chi connectivity index (χ1) is 8.13. The molecule has 0 radical (unpaired) electrons. The molecule has 0 aliphatic heterocycles. The van der Waals surface area contributed by atoms with E-state index in [1.54, 1.807) is 0 Å². The summed E-state index contributed by atoms with van der Waals surface area (Å²) in [4.78, 5) is 22.6. The van der Waals surface area contributed by atoms with Gasteiger partial charge in [0, 0.05) is 6.42 Å². The molecule has 0 saturated carbocycles. The third-order valence-corrected chi connectivity index (χ3v) is 2.39. The van der Waals surface area contributed by atoms with Crippen molar-refractivity contribution < 1.29 is 14.3 Å². The largest absolute Gasteiger partial charge is 0.438 e. The molecule has 0 fully saturated rings. The second-order valence-corrected chi connectivity index (χ2v) is 3.84. The molecule has 4 heteroatoms. The number of hydrogen-bond acceptors (Lipinski definition) is 3. The van der Waals surface area contributed by atoms with Gasteiger partial charge in [-0.15, -0.1) is 0 Å². The summed E-state index contributed by atoms with van der Waals surface area (Å²) in [7, 11) is 0. The number of Topliss-reactive ketones (excluding diaryl/α,β-unsaturated/α-hetero) is 1. The molecule has 1 atom stereocenters. The van der Waals surface area contributed by atoms with Crippen molar-refractivity contribution in [1.82, 2.24) is 0 Å². The molecule has 0 aliphatic rings. The summed E-state index contributed by atoms with van der Waals surface area (Å²) in [5.41, 5.74) is 5.85. The molecule has 2 N–H and O–H groups in total. The van der Waals surface area contributed by atoms with Crippen LogP contribution in [-0.2, 0) is 16.0 Å². The van der Waals surface area contributed by atoms with Crippen LogP contribution in [0.5, 0.6) is 0 Å². The van der Waals surface area contributed by atoms with Gasteiger partial charge in [-0.3, -0.25) is 4.79 Å². The van der Waals surface area contributed by atoms with Crippen LogP contribution in [0.25, 0.3) is 0 Å². The van der Waals surface area contributed by atoms with Gasteiger partial charge in [-0.2, -0.15) is 0 Å². The van der Waals surface area contributed by atoms with Crippen molar-refractivity contribution >= 4 is 11.9 Å². The Kier molecular flexibility index (Phi) is 5.20. The highest BCUT2D eigenvalue weighted by atomic mass is 16.6. The molecule has 17 heavy (non-hydrogen) atoms. The Morgan fingerprint density at radius 3 is 2.47 bits per heavy atom. The van der Waals surface area contributed by atoms with Crippen LogP contribution in [0.2, 0.25) is 0 Å². The van der Waals surface area contributed by atoms with Crippen LogP contribution in [-0.4, -0.2) is 18.0 Å². The Morgan fingerprint density at radius 2 is 1.94 bits per heavy atom. The standard InChI is InChI=1S/C13H17NO3/c1-2-6-12(17-13(14)16)11(15)9-10-7-4-3-5-8-10/h3-5,7-8,12H,2,6,9H2,1H3,(H2,14,16). The van der Waals surface area contributed by atoms with E-state index in [4.69, 9.17) is 10.5 Å². The van der Waals surface area contributed by atoms with E-state index in [0.29, 0.717) is 6.42 Å². The highest BCUT2D eigenvalue weighted by Crippen LogP contribution is 2.09. The second kappa shape index (κ2) is 6.68. The Morgan fingerprint density at radius 1 is 1.29 bits per heavy atom. The minimum absolute atomic E-state index is 0.114. The molecule has 0 bridgehead atoms. The van der Waals surface area contributed by atoms with Crippen molar-refractivity contribution in [3.63, 3.8) is 0 Å². The van der Waals surface area contributed by atoms with Gasteiger partial charge in [0.2, 0.25) is 0 Å². The number of carbonyl (C=O) groups excluding carboxylic acids is 2. The molecule has 92 valence electrons. The fourth-order valence-electron chi connectivity index (χ4n) is 1.60. The van der Waals surface area contributed by atoms with Gasteiger partial charge in [0.05, 0.1) is 0 Å². The zero-order valence-corrected chi connectivity index (χ0v) is 9.89. The number of hydrogen-bond donors (Lipinski definition) is 1. The van der Waals surface area contributed by atoms with Crippen molar-refractivity contribution in [2.75, 3.05) is 0 Å². The number of benzene rings is 1. The molecule has 0 saturated heterocycles. The van der Waals surface area contributed by atoms with E-state index < -0.39 is 12.2 Å². The Labute approximate surface area is 101 Å². The van der Waals surface area contributed by atoms with Gasteiger partial charge >= 0.3 is 6.09 Å². The van der Waals surface area contributed by atoms with E-state index in [1.807, 2.05) is 37.3 Å². The Hall–Kier alpha value is -1.84. The van der Waals surface area contributed by atoms with Crippen LogP contribution in [0.3, 0.4) is 0 Å². The third kappa shape index (κ3) is 4.68. The molecule has 1 amide bonds. The maximum absolute atomic E-state index is 11.9. The first kappa shape index (κ1) is 13.2. The van der Waals surface area contributed by atoms with Crippen molar-refractivity contribution in [2.45, 2.75) is 32.3 Å². The number of amides is 1. The lowest BCUT2D eigenvalue weighted by molar-refractivity contribution is -0.126. The van der Waals surface area contributed by atoms with E-state index in [-0.39, 0.29) is 12.2 Å². The molecule has 1 unspecified atom stereocenters. The quantitative estimate of drug-likeness (QED) is 0.820. The summed E-state index contributed by atoms with van der Waals surface area (Å²) in [5.74, 6) is -0.114. The molecule has 1 aromatic rings. The zero-order valence-electron chi connectivity index (χ0n) is 9.89. The minimum Gasteiger partial charge on any atom is -0.438 e. The molecule has 0 aromatic heterocycles. The number of ketones is 1. The summed E-state index contributed by atoms with van der Waals surface area (Å²) in [6.45, 7) is 1.92. The average molecular weight is 235 g/mol. The molecule has 0 heterocycles. The third-order valence-electron chi connectivity index (χ3n) is 2.39. The van der Waals surface area contributed by atoms with Crippen LogP contribution in [0.4, 0.5) is 4.79 Å². The number of primary amides is 1. The molecule has 0 spiro atoms. The molecular weight excluding hydrogens is 218 g/mol. The lowest BCUT2D eigenvalue weighted by Crippen LogP contribution is -2.31. The van der Waals surface area contributed by atoms with Crippen LogP contribution < -0.4 is 5.73 Å². The second-order valence-electron chi connectivity index (χ2n) is 3.84. The van der Waals surface area contributed by atoms with Crippen LogP contribution in [0.1, 0.15) is 25.3 Å². The lowest BCUT2D eigenvalue weighted by atomic mass is 10.0. The van der Waals surface area contributed by atoms with Gasteiger partial charge in [0.25, 0.3) is 0 Å². The predicted molar refractivity (Wildman–Crippen MR) is 64.5 cm³/mol. The highest BCUT2D eigenvalue weighted by molar-refractivity contribution is 5.86. The summed E-state index contributed by atoms with van der Waals surface area (Å²) in [6.07, 6.45) is -0.0890.